The van der Waals surface area contributed by atoms with Crippen LogP contribution >= 0.6 is 0 Å². The van der Waals surface area contributed by atoms with Crippen LogP contribution in [0, 0.1) is 5.92 Å². The Morgan fingerprint density at radius 3 is 2.24 bits per heavy atom. The van der Waals surface area contributed by atoms with Crippen molar-refractivity contribution in [2.75, 3.05) is 5.32 Å². The quantitative estimate of drug-likeness (QED) is 0.704. The molecule has 2 atom stereocenters. The van der Waals surface area contributed by atoms with E-state index in [0.717, 1.165) is 12.2 Å². The molecule has 1 aliphatic heterocycles. The predicted octanol–water partition coefficient (Wildman–Crippen LogP) is 2.58. The second-order valence-electron chi connectivity index (χ2n) is 8.52. The summed E-state index contributed by atoms with van der Waals surface area (Å²) in [5, 5.41) is 7.99. The van der Waals surface area contributed by atoms with Crippen molar-refractivity contribution >= 4 is 17.5 Å². The molecule has 0 bridgehead atoms. The number of rotatable bonds is 6. The van der Waals surface area contributed by atoms with E-state index in [4.69, 9.17) is 0 Å². The van der Waals surface area contributed by atoms with Gasteiger partial charge in [-0.2, -0.15) is 0 Å². The summed E-state index contributed by atoms with van der Waals surface area (Å²) in [6.45, 7) is 8.96. The fraction of sp³-hybridized carbons (Fsp3) is 0.417. The fourth-order valence-corrected chi connectivity index (χ4v) is 3.71. The first-order chi connectivity index (χ1) is 13.8. The number of carbonyl (C=O) groups excluding carboxylic acids is 2. The van der Waals surface area contributed by atoms with Crippen molar-refractivity contribution in [3.8, 4) is 0 Å². The Kier molecular flexibility index (Phi) is 6.70. The van der Waals surface area contributed by atoms with Crippen LogP contribution in [-0.4, -0.2) is 23.9 Å². The maximum absolute atomic E-state index is 12.9. The Morgan fingerprint density at radius 2 is 1.62 bits per heavy atom. The summed E-state index contributed by atoms with van der Waals surface area (Å²) in [6, 6.07) is 15.3. The normalized spacial score (nSPS) is 17.0. The SMILES string of the molecule is CC(C)c1ccc(NC(=O)[C@H](NC(=O)[C@@H]2Cc3ccccc3C[NH2+]2)C(C)C)cc1. The van der Waals surface area contributed by atoms with E-state index in [2.05, 4.69) is 41.9 Å². The van der Waals surface area contributed by atoms with Gasteiger partial charge in [0.05, 0.1) is 0 Å². The summed E-state index contributed by atoms with van der Waals surface area (Å²) in [6.07, 6.45) is 0.686. The number of fused-ring (bicyclic) bond motifs is 1. The van der Waals surface area contributed by atoms with Gasteiger partial charge in [0, 0.05) is 17.7 Å². The van der Waals surface area contributed by atoms with Gasteiger partial charge < -0.3 is 16.0 Å². The molecular weight excluding hydrogens is 362 g/mol. The lowest BCUT2D eigenvalue weighted by Crippen LogP contribution is -2.93. The van der Waals surface area contributed by atoms with Gasteiger partial charge >= 0.3 is 0 Å². The Morgan fingerprint density at radius 1 is 0.966 bits per heavy atom. The molecule has 1 aliphatic rings. The van der Waals surface area contributed by atoms with E-state index in [9.17, 15) is 9.59 Å². The summed E-state index contributed by atoms with van der Waals surface area (Å²) in [5.41, 5.74) is 4.47. The minimum atomic E-state index is -0.571. The topological polar surface area (TPSA) is 74.8 Å². The van der Waals surface area contributed by atoms with Gasteiger partial charge in [-0.25, -0.2) is 0 Å². The molecule has 0 fully saturated rings. The Bertz CT molecular complexity index is 859. The third-order valence-corrected chi connectivity index (χ3v) is 5.61. The summed E-state index contributed by atoms with van der Waals surface area (Å²) in [4.78, 5) is 25.7. The van der Waals surface area contributed by atoms with Crippen LogP contribution in [-0.2, 0) is 22.6 Å². The second kappa shape index (κ2) is 9.23. The van der Waals surface area contributed by atoms with Gasteiger partial charge in [0.15, 0.2) is 6.04 Å². The van der Waals surface area contributed by atoms with Crippen molar-refractivity contribution in [2.24, 2.45) is 5.92 Å². The summed E-state index contributed by atoms with van der Waals surface area (Å²) >= 11 is 0. The van der Waals surface area contributed by atoms with Crippen molar-refractivity contribution in [2.45, 2.75) is 58.7 Å². The number of anilines is 1. The van der Waals surface area contributed by atoms with Crippen LogP contribution in [0.25, 0.3) is 0 Å². The largest absolute Gasteiger partial charge is 0.339 e. The number of amides is 2. The van der Waals surface area contributed by atoms with Crippen LogP contribution in [0.1, 0.15) is 50.3 Å². The molecule has 2 aromatic rings. The molecule has 2 amide bonds. The molecule has 5 nitrogen and oxygen atoms in total. The van der Waals surface area contributed by atoms with Crippen molar-refractivity contribution in [1.82, 2.24) is 5.32 Å². The lowest BCUT2D eigenvalue weighted by Gasteiger charge is -2.26. The number of quaternary nitrogens is 1. The molecule has 29 heavy (non-hydrogen) atoms. The molecule has 0 aliphatic carbocycles. The maximum Gasteiger partial charge on any atom is 0.279 e. The molecule has 5 heteroatoms. The highest BCUT2D eigenvalue weighted by Gasteiger charge is 2.32. The highest BCUT2D eigenvalue weighted by Crippen LogP contribution is 2.18. The molecule has 1 heterocycles. The van der Waals surface area contributed by atoms with Gasteiger partial charge in [-0.1, -0.05) is 64.1 Å². The zero-order chi connectivity index (χ0) is 21.0. The minimum absolute atomic E-state index is 0.00948. The molecule has 0 saturated carbocycles. The lowest BCUT2D eigenvalue weighted by atomic mass is 9.94. The summed E-state index contributed by atoms with van der Waals surface area (Å²) in [5.74, 6) is 0.175. The number of hydrogen-bond donors (Lipinski definition) is 3. The lowest BCUT2D eigenvalue weighted by molar-refractivity contribution is -0.695. The van der Waals surface area contributed by atoms with E-state index in [1.165, 1.54) is 16.7 Å². The number of hydrogen-bond acceptors (Lipinski definition) is 2. The molecule has 0 saturated heterocycles. The molecule has 4 N–H and O–H groups in total. The average Bonchev–Trinajstić information content (AvgIpc) is 2.71. The predicted molar refractivity (Wildman–Crippen MR) is 115 cm³/mol. The molecule has 0 aromatic heterocycles. The van der Waals surface area contributed by atoms with Gasteiger partial charge in [0.1, 0.15) is 12.6 Å². The highest BCUT2D eigenvalue weighted by atomic mass is 16.2. The van der Waals surface area contributed by atoms with Gasteiger partial charge in [-0.3, -0.25) is 9.59 Å². The van der Waals surface area contributed by atoms with E-state index in [-0.39, 0.29) is 23.8 Å². The van der Waals surface area contributed by atoms with E-state index >= 15 is 0 Å². The zero-order valence-electron chi connectivity index (χ0n) is 17.7. The highest BCUT2D eigenvalue weighted by molar-refractivity contribution is 5.97. The van der Waals surface area contributed by atoms with Crippen LogP contribution in [0.2, 0.25) is 0 Å². The zero-order valence-corrected chi connectivity index (χ0v) is 17.7. The Labute approximate surface area is 173 Å². The third-order valence-electron chi connectivity index (χ3n) is 5.61. The van der Waals surface area contributed by atoms with E-state index in [1.807, 2.05) is 50.2 Å². The maximum atomic E-state index is 12.9. The standard InChI is InChI=1S/C24H31N3O2/c1-15(2)17-9-11-20(12-10-17)26-24(29)22(16(3)4)27-23(28)21-13-18-7-5-6-8-19(18)14-25-21/h5-12,15-16,21-22,25H,13-14H2,1-4H3,(H,26,29)(H,27,28)/p+1/t21-,22+/m0/s1. The van der Waals surface area contributed by atoms with Crippen molar-refractivity contribution in [1.29, 1.82) is 0 Å². The van der Waals surface area contributed by atoms with Crippen LogP contribution in [0.15, 0.2) is 48.5 Å². The van der Waals surface area contributed by atoms with Gasteiger partial charge in [-0.15, -0.1) is 0 Å². The summed E-state index contributed by atoms with van der Waals surface area (Å²) < 4.78 is 0. The smallest absolute Gasteiger partial charge is 0.279 e. The van der Waals surface area contributed by atoms with Gasteiger partial charge in [0.25, 0.3) is 5.91 Å². The molecule has 0 unspecified atom stereocenters. The monoisotopic (exact) mass is 394 g/mol. The molecule has 0 spiro atoms. The van der Waals surface area contributed by atoms with E-state index in [0.29, 0.717) is 12.3 Å². The molecular formula is C24H32N3O2+. The van der Waals surface area contributed by atoms with Gasteiger partial charge in [0.2, 0.25) is 5.91 Å². The number of carbonyl (C=O) groups is 2. The summed E-state index contributed by atoms with van der Waals surface area (Å²) in [7, 11) is 0. The number of nitrogens with one attached hydrogen (secondary N) is 2. The third kappa shape index (κ3) is 5.24. The first kappa shape index (κ1) is 21.1. The van der Waals surface area contributed by atoms with Crippen molar-refractivity contribution in [3.63, 3.8) is 0 Å². The van der Waals surface area contributed by atoms with E-state index < -0.39 is 6.04 Å². The van der Waals surface area contributed by atoms with E-state index in [1.54, 1.807) is 0 Å². The van der Waals surface area contributed by atoms with Crippen LogP contribution in [0.3, 0.4) is 0 Å². The fourth-order valence-electron chi connectivity index (χ4n) is 3.71. The molecule has 2 aromatic carbocycles. The average molecular weight is 395 g/mol. The molecule has 154 valence electrons. The first-order valence-corrected chi connectivity index (χ1v) is 10.5. The van der Waals surface area contributed by atoms with Crippen molar-refractivity contribution in [3.05, 3.63) is 65.2 Å². The first-order valence-electron chi connectivity index (χ1n) is 10.5. The van der Waals surface area contributed by atoms with Crippen LogP contribution in [0.5, 0.6) is 0 Å². The molecule has 0 radical (unpaired) electrons. The van der Waals surface area contributed by atoms with Gasteiger partial charge in [-0.05, 0) is 35.1 Å². The Balaban J connectivity index is 1.63. The van der Waals surface area contributed by atoms with Crippen LogP contribution in [0.4, 0.5) is 5.69 Å². The second-order valence-corrected chi connectivity index (χ2v) is 8.52. The minimum Gasteiger partial charge on any atom is -0.339 e. The Hall–Kier alpha value is -2.66. The number of benzene rings is 2. The van der Waals surface area contributed by atoms with Crippen molar-refractivity contribution < 1.29 is 14.9 Å². The van der Waals surface area contributed by atoms with Crippen LogP contribution < -0.4 is 16.0 Å². The number of nitrogens with two attached hydrogens (primary N) is 1. The molecule has 3 rings (SSSR count).